The smallest absolute Gasteiger partial charge is 0.248 e. The Kier molecular flexibility index (Phi) is 5.36. The van der Waals surface area contributed by atoms with Crippen molar-refractivity contribution in [2.24, 2.45) is 5.73 Å². The molecule has 2 aromatic carbocycles. The number of fused-ring (bicyclic) bond motifs is 1. The lowest BCUT2D eigenvalue weighted by Gasteiger charge is -2.15. The third-order valence-corrected chi connectivity index (χ3v) is 4.74. The summed E-state index contributed by atoms with van der Waals surface area (Å²) in [6, 6.07) is 15.8. The molecule has 0 aliphatic rings. The van der Waals surface area contributed by atoms with Gasteiger partial charge in [-0.2, -0.15) is 0 Å². The average molecular weight is 414 g/mol. The number of anilines is 3. The van der Waals surface area contributed by atoms with Gasteiger partial charge in [0, 0.05) is 16.9 Å². The minimum absolute atomic E-state index is 0.280. The number of ether oxygens (including phenoxy) is 1. The number of rotatable bonds is 6. The van der Waals surface area contributed by atoms with Crippen LogP contribution in [0.15, 0.2) is 60.9 Å². The van der Waals surface area contributed by atoms with Gasteiger partial charge >= 0.3 is 0 Å². The third-order valence-electron chi connectivity index (χ3n) is 4.74. The summed E-state index contributed by atoms with van der Waals surface area (Å²) in [5, 5.41) is 3.99. The standard InChI is InChI=1S/C23H22N6O2/c1-13(2)18-9-8-17-22(28-18)26-12-27-23(17)29-19-11-14(21(25)30)3-10-20(19)31-16-6-4-15(24)5-7-16/h3-13H,24H2,1-2H3,(H2,25,30)(H,26,27,28,29). The number of benzene rings is 2. The molecule has 1 amide bonds. The second-order valence-corrected chi connectivity index (χ2v) is 7.36. The molecule has 4 aromatic rings. The summed E-state index contributed by atoms with van der Waals surface area (Å²) in [6.07, 6.45) is 1.44. The van der Waals surface area contributed by atoms with Crippen molar-refractivity contribution in [1.82, 2.24) is 15.0 Å². The van der Waals surface area contributed by atoms with E-state index in [1.54, 1.807) is 42.5 Å². The molecule has 8 heteroatoms. The van der Waals surface area contributed by atoms with E-state index in [9.17, 15) is 4.79 Å². The van der Waals surface area contributed by atoms with Crippen LogP contribution in [0, 0.1) is 0 Å². The monoisotopic (exact) mass is 414 g/mol. The van der Waals surface area contributed by atoms with E-state index >= 15 is 0 Å². The van der Waals surface area contributed by atoms with Gasteiger partial charge in [0.15, 0.2) is 11.4 Å². The van der Waals surface area contributed by atoms with Crippen LogP contribution in [0.5, 0.6) is 11.5 Å². The highest BCUT2D eigenvalue weighted by atomic mass is 16.5. The highest BCUT2D eigenvalue weighted by molar-refractivity contribution is 5.95. The number of primary amides is 1. The van der Waals surface area contributed by atoms with E-state index in [1.807, 2.05) is 12.1 Å². The zero-order chi connectivity index (χ0) is 22.0. The molecule has 31 heavy (non-hydrogen) atoms. The van der Waals surface area contributed by atoms with Crippen LogP contribution in [0.2, 0.25) is 0 Å². The molecule has 0 fully saturated rings. The number of carbonyl (C=O) groups is 1. The topological polar surface area (TPSA) is 129 Å². The summed E-state index contributed by atoms with van der Waals surface area (Å²) in [5.41, 5.74) is 14.2. The van der Waals surface area contributed by atoms with Crippen LogP contribution < -0.4 is 21.5 Å². The lowest BCUT2D eigenvalue weighted by molar-refractivity contribution is 0.100. The second-order valence-electron chi connectivity index (χ2n) is 7.36. The zero-order valence-electron chi connectivity index (χ0n) is 17.2. The van der Waals surface area contributed by atoms with Crippen molar-refractivity contribution in [1.29, 1.82) is 0 Å². The van der Waals surface area contributed by atoms with Gasteiger partial charge in [0.1, 0.15) is 17.9 Å². The van der Waals surface area contributed by atoms with Gasteiger partial charge in [0.05, 0.1) is 11.1 Å². The molecule has 2 aromatic heterocycles. The Bertz CT molecular complexity index is 1250. The van der Waals surface area contributed by atoms with Gasteiger partial charge in [-0.25, -0.2) is 15.0 Å². The van der Waals surface area contributed by atoms with Crippen LogP contribution in [-0.4, -0.2) is 20.9 Å². The highest BCUT2D eigenvalue weighted by Gasteiger charge is 2.13. The molecular weight excluding hydrogens is 392 g/mol. The average Bonchev–Trinajstić information content (AvgIpc) is 2.76. The van der Waals surface area contributed by atoms with Crippen molar-refractivity contribution in [3.05, 3.63) is 72.2 Å². The maximum Gasteiger partial charge on any atom is 0.248 e. The largest absolute Gasteiger partial charge is 0.455 e. The Hall–Kier alpha value is -4.20. The lowest BCUT2D eigenvalue weighted by Crippen LogP contribution is -2.11. The first-order chi connectivity index (χ1) is 14.9. The summed E-state index contributed by atoms with van der Waals surface area (Å²) in [5.74, 6) is 1.37. The van der Waals surface area contributed by atoms with Crippen molar-refractivity contribution in [3.8, 4) is 11.5 Å². The Morgan fingerprint density at radius 3 is 2.52 bits per heavy atom. The molecular formula is C23H22N6O2. The van der Waals surface area contributed by atoms with Crippen molar-refractivity contribution < 1.29 is 9.53 Å². The van der Waals surface area contributed by atoms with E-state index in [2.05, 4.69) is 34.1 Å². The number of nitrogens with one attached hydrogen (secondary N) is 1. The Morgan fingerprint density at radius 1 is 1.03 bits per heavy atom. The number of nitrogens with two attached hydrogens (primary N) is 2. The van der Waals surface area contributed by atoms with E-state index < -0.39 is 5.91 Å². The molecule has 0 saturated carbocycles. The first kappa shape index (κ1) is 20.1. The van der Waals surface area contributed by atoms with E-state index in [1.165, 1.54) is 6.33 Å². The van der Waals surface area contributed by atoms with Crippen molar-refractivity contribution >= 4 is 34.1 Å². The molecule has 4 rings (SSSR count). The first-order valence-corrected chi connectivity index (χ1v) is 9.76. The fourth-order valence-corrected chi connectivity index (χ4v) is 3.04. The fourth-order valence-electron chi connectivity index (χ4n) is 3.04. The Balaban J connectivity index is 1.75. The lowest BCUT2D eigenvalue weighted by atomic mass is 10.1. The van der Waals surface area contributed by atoms with Gasteiger partial charge in [0.25, 0.3) is 0 Å². The van der Waals surface area contributed by atoms with E-state index in [-0.39, 0.29) is 5.92 Å². The molecule has 8 nitrogen and oxygen atoms in total. The number of nitrogens with zero attached hydrogens (tertiary/aromatic N) is 3. The van der Waals surface area contributed by atoms with Crippen molar-refractivity contribution in [2.45, 2.75) is 19.8 Å². The van der Waals surface area contributed by atoms with Gasteiger partial charge in [0.2, 0.25) is 5.91 Å². The molecule has 0 unspecified atom stereocenters. The third kappa shape index (κ3) is 4.37. The maximum atomic E-state index is 11.7. The molecule has 5 N–H and O–H groups in total. The molecule has 2 heterocycles. The number of amides is 1. The maximum absolute atomic E-state index is 11.7. The van der Waals surface area contributed by atoms with Crippen LogP contribution in [0.25, 0.3) is 11.0 Å². The number of hydrogen-bond acceptors (Lipinski definition) is 7. The molecule has 0 spiro atoms. The normalized spacial score (nSPS) is 10.9. The number of nitrogen functional groups attached to an aromatic ring is 1. The Labute approximate surface area is 179 Å². The molecule has 0 aliphatic heterocycles. The van der Waals surface area contributed by atoms with Crippen LogP contribution in [0.4, 0.5) is 17.2 Å². The molecule has 0 bridgehead atoms. The summed E-state index contributed by atoms with van der Waals surface area (Å²) in [6.45, 7) is 4.15. The quantitative estimate of drug-likeness (QED) is 0.400. The summed E-state index contributed by atoms with van der Waals surface area (Å²) >= 11 is 0. The number of carbonyl (C=O) groups excluding carboxylic acids is 1. The highest BCUT2D eigenvalue weighted by Crippen LogP contribution is 2.34. The summed E-state index contributed by atoms with van der Waals surface area (Å²) in [7, 11) is 0. The molecule has 0 saturated heterocycles. The number of aromatic nitrogens is 3. The number of pyridine rings is 1. The van der Waals surface area contributed by atoms with Crippen LogP contribution >= 0.6 is 0 Å². The van der Waals surface area contributed by atoms with Crippen LogP contribution in [0.1, 0.15) is 35.8 Å². The van der Waals surface area contributed by atoms with Crippen molar-refractivity contribution in [2.75, 3.05) is 11.1 Å². The van der Waals surface area contributed by atoms with E-state index in [0.717, 1.165) is 11.1 Å². The summed E-state index contributed by atoms with van der Waals surface area (Å²) < 4.78 is 6.00. The Morgan fingerprint density at radius 2 is 1.81 bits per heavy atom. The van der Waals surface area contributed by atoms with Gasteiger partial charge in [-0.1, -0.05) is 13.8 Å². The molecule has 0 aliphatic carbocycles. The summed E-state index contributed by atoms with van der Waals surface area (Å²) in [4.78, 5) is 25.0. The SMILES string of the molecule is CC(C)c1ccc2c(Nc3cc(C(N)=O)ccc3Oc3ccc(N)cc3)ncnc2n1. The molecule has 0 radical (unpaired) electrons. The van der Waals surface area contributed by atoms with Crippen LogP contribution in [0.3, 0.4) is 0 Å². The van der Waals surface area contributed by atoms with Crippen LogP contribution in [-0.2, 0) is 0 Å². The van der Waals surface area contributed by atoms with E-state index in [0.29, 0.717) is 39.9 Å². The van der Waals surface area contributed by atoms with Gasteiger partial charge in [-0.05, 0) is 60.5 Å². The van der Waals surface area contributed by atoms with Crippen molar-refractivity contribution in [3.63, 3.8) is 0 Å². The van der Waals surface area contributed by atoms with E-state index in [4.69, 9.17) is 16.2 Å². The van der Waals surface area contributed by atoms with Gasteiger partial charge < -0.3 is 21.5 Å². The van der Waals surface area contributed by atoms with Gasteiger partial charge in [-0.3, -0.25) is 4.79 Å². The predicted molar refractivity (Wildman–Crippen MR) is 121 cm³/mol. The van der Waals surface area contributed by atoms with Gasteiger partial charge in [-0.15, -0.1) is 0 Å². The number of hydrogen-bond donors (Lipinski definition) is 3. The minimum atomic E-state index is -0.544. The second kappa shape index (κ2) is 8.27. The zero-order valence-corrected chi connectivity index (χ0v) is 17.2. The fraction of sp³-hybridized carbons (Fsp3) is 0.130. The predicted octanol–water partition coefficient (Wildman–Crippen LogP) is 4.37. The molecule has 0 atom stereocenters. The first-order valence-electron chi connectivity index (χ1n) is 9.76. The minimum Gasteiger partial charge on any atom is -0.455 e. The molecule has 156 valence electrons.